The van der Waals surface area contributed by atoms with Crippen molar-refractivity contribution in [3.8, 4) is 6.07 Å². The molecule has 0 radical (unpaired) electrons. The highest BCUT2D eigenvalue weighted by atomic mass is 19.1. The summed E-state index contributed by atoms with van der Waals surface area (Å²) < 4.78 is 13.2. The average Bonchev–Trinajstić information content (AvgIpc) is 2.85. The first-order valence-corrected chi connectivity index (χ1v) is 11.3. The number of halogens is 1. The second kappa shape index (κ2) is 9.65. The third-order valence-electron chi connectivity index (χ3n) is 6.81. The number of rotatable bonds is 7. The van der Waals surface area contributed by atoms with Crippen LogP contribution in [0.25, 0.3) is 0 Å². The van der Waals surface area contributed by atoms with Crippen molar-refractivity contribution in [2.75, 3.05) is 19.6 Å². The van der Waals surface area contributed by atoms with Crippen molar-refractivity contribution in [3.05, 3.63) is 107 Å². The van der Waals surface area contributed by atoms with Crippen molar-refractivity contribution in [1.82, 2.24) is 4.90 Å². The number of nitrogens with zero attached hydrogens (tertiary/aromatic N) is 2. The summed E-state index contributed by atoms with van der Waals surface area (Å²) in [4.78, 5) is 2.36. The van der Waals surface area contributed by atoms with Crippen LogP contribution in [0.4, 0.5) is 4.39 Å². The van der Waals surface area contributed by atoms with Gasteiger partial charge in [0.1, 0.15) is 11.2 Å². The fourth-order valence-corrected chi connectivity index (χ4v) is 4.85. The van der Waals surface area contributed by atoms with Crippen LogP contribution < -0.4 is 0 Å². The van der Waals surface area contributed by atoms with Gasteiger partial charge in [0.15, 0.2) is 0 Å². The van der Waals surface area contributed by atoms with Gasteiger partial charge in [0.05, 0.1) is 11.7 Å². The van der Waals surface area contributed by atoms with Crippen LogP contribution in [0.2, 0.25) is 0 Å². The zero-order valence-electron chi connectivity index (χ0n) is 18.3. The predicted octanol–water partition coefficient (Wildman–Crippen LogP) is 5.40. The van der Waals surface area contributed by atoms with Gasteiger partial charge in [0.2, 0.25) is 0 Å². The van der Waals surface area contributed by atoms with Crippen molar-refractivity contribution in [2.24, 2.45) is 0 Å². The van der Waals surface area contributed by atoms with E-state index in [9.17, 15) is 14.8 Å². The van der Waals surface area contributed by atoms with E-state index in [1.54, 1.807) is 12.1 Å². The highest BCUT2D eigenvalue weighted by Gasteiger charge is 2.36. The quantitative estimate of drug-likeness (QED) is 0.548. The van der Waals surface area contributed by atoms with Gasteiger partial charge < -0.3 is 10.0 Å². The third-order valence-corrected chi connectivity index (χ3v) is 6.81. The van der Waals surface area contributed by atoms with Crippen molar-refractivity contribution < 1.29 is 9.50 Å². The third kappa shape index (κ3) is 4.60. The largest absolute Gasteiger partial charge is 0.385 e. The molecule has 1 N–H and O–H groups in total. The molecule has 1 aliphatic rings. The van der Waals surface area contributed by atoms with Crippen LogP contribution in [-0.2, 0) is 11.0 Å². The molecule has 0 spiro atoms. The van der Waals surface area contributed by atoms with Crippen molar-refractivity contribution in [3.63, 3.8) is 0 Å². The molecule has 1 aliphatic heterocycles. The molecule has 4 rings (SSSR count). The van der Waals surface area contributed by atoms with Crippen LogP contribution in [0.5, 0.6) is 0 Å². The molecule has 0 atom stereocenters. The lowest BCUT2D eigenvalue weighted by Crippen LogP contribution is -2.43. The normalized spacial score (nSPS) is 16.4. The van der Waals surface area contributed by atoms with E-state index in [1.165, 1.54) is 12.1 Å². The first-order chi connectivity index (χ1) is 15.6. The summed E-state index contributed by atoms with van der Waals surface area (Å²) in [7, 11) is 0. The van der Waals surface area contributed by atoms with Gasteiger partial charge in [0, 0.05) is 13.1 Å². The molecule has 3 aromatic carbocycles. The molecule has 0 amide bonds. The zero-order valence-corrected chi connectivity index (χ0v) is 18.3. The molecule has 32 heavy (non-hydrogen) atoms. The van der Waals surface area contributed by atoms with E-state index in [0.717, 1.165) is 49.2 Å². The van der Waals surface area contributed by atoms with Crippen LogP contribution in [0.15, 0.2) is 84.9 Å². The molecule has 164 valence electrons. The number of benzene rings is 3. The van der Waals surface area contributed by atoms with E-state index in [2.05, 4.69) is 11.0 Å². The maximum absolute atomic E-state index is 13.2. The molecule has 3 aromatic rings. The predicted molar refractivity (Wildman–Crippen MR) is 124 cm³/mol. The van der Waals surface area contributed by atoms with Gasteiger partial charge in [-0.3, -0.25) is 0 Å². The highest BCUT2D eigenvalue weighted by molar-refractivity contribution is 5.45. The molecule has 0 aromatic heterocycles. The summed E-state index contributed by atoms with van der Waals surface area (Å²) in [6.45, 7) is 2.44. The minimum atomic E-state index is -0.894. The van der Waals surface area contributed by atoms with Gasteiger partial charge >= 0.3 is 0 Å². The lowest BCUT2D eigenvalue weighted by molar-refractivity contribution is -0.0262. The summed E-state index contributed by atoms with van der Waals surface area (Å²) in [6, 6.07) is 28.9. The Labute approximate surface area is 189 Å². The zero-order chi connectivity index (χ0) is 22.4. The highest BCUT2D eigenvalue weighted by Crippen LogP contribution is 2.37. The van der Waals surface area contributed by atoms with Crippen molar-refractivity contribution in [1.29, 1.82) is 5.26 Å². The maximum atomic E-state index is 13.2. The summed E-state index contributed by atoms with van der Waals surface area (Å²) in [5, 5.41) is 21.4. The van der Waals surface area contributed by atoms with Crippen molar-refractivity contribution in [2.45, 2.75) is 36.7 Å². The molecule has 1 heterocycles. The second-order valence-corrected chi connectivity index (χ2v) is 8.73. The maximum Gasteiger partial charge on any atom is 0.123 e. The summed E-state index contributed by atoms with van der Waals surface area (Å²) in [5.41, 5.74) is 1.27. The molecule has 0 saturated carbocycles. The molecular formula is C28H29FN2O. The number of likely N-dealkylation sites (tertiary alicyclic amines) is 1. The molecular weight excluding hydrogens is 399 g/mol. The molecule has 4 heteroatoms. The van der Waals surface area contributed by atoms with Gasteiger partial charge in [-0.2, -0.15) is 5.26 Å². The Kier molecular flexibility index (Phi) is 6.69. The van der Waals surface area contributed by atoms with E-state index in [0.29, 0.717) is 12.8 Å². The minimum Gasteiger partial charge on any atom is -0.385 e. The van der Waals surface area contributed by atoms with E-state index < -0.39 is 11.0 Å². The molecule has 0 bridgehead atoms. The molecule has 1 saturated heterocycles. The van der Waals surface area contributed by atoms with Gasteiger partial charge in [0.25, 0.3) is 0 Å². The molecule has 1 fully saturated rings. The summed E-state index contributed by atoms with van der Waals surface area (Å²) in [5.74, 6) is -0.285. The van der Waals surface area contributed by atoms with Crippen LogP contribution in [0.3, 0.4) is 0 Å². The van der Waals surface area contributed by atoms with Crippen LogP contribution in [0.1, 0.15) is 42.4 Å². The lowest BCUT2D eigenvalue weighted by Gasteiger charge is -2.39. The SMILES string of the molecule is N#CC(CCCN1CCC(O)(c2ccc(F)cc2)CC1)(c1ccccc1)c1ccccc1. The van der Waals surface area contributed by atoms with Gasteiger partial charge in [-0.15, -0.1) is 0 Å². The van der Waals surface area contributed by atoms with E-state index in [1.807, 2.05) is 60.7 Å². The molecule has 3 nitrogen and oxygen atoms in total. The lowest BCUT2D eigenvalue weighted by atomic mass is 9.72. The number of hydrogen-bond donors (Lipinski definition) is 1. The Balaban J connectivity index is 1.41. The van der Waals surface area contributed by atoms with E-state index in [4.69, 9.17) is 0 Å². The smallest absolute Gasteiger partial charge is 0.123 e. The molecule has 0 unspecified atom stereocenters. The first kappa shape index (κ1) is 22.2. The monoisotopic (exact) mass is 428 g/mol. The van der Waals surface area contributed by atoms with E-state index >= 15 is 0 Å². The topological polar surface area (TPSA) is 47.3 Å². The summed E-state index contributed by atoms with van der Waals surface area (Å²) >= 11 is 0. The average molecular weight is 429 g/mol. The van der Waals surface area contributed by atoms with Crippen molar-refractivity contribution >= 4 is 0 Å². The fourth-order valence-electron chi connectivity index (χ4n) is 4.85. The fraction of sp³-hybridized carbons (Fsp3) is 0.321. The standard InChI is InChI=1S/C28H29FN2O/c29-26-14-12-25(13-15-26)28(32)17-20-31(21-18-28)19-7-16-27(22-30,23-8-3-1-4-9-23)24-10-5-2-6-11-24/h1-6,8-15,32H,7,16-21H2. The van der Waals surface area contributed by atoms with Crippen LogP contribution >= 0.6 is 0 Å². The second-order valence-electron chi connectivity index (χ2n) is 8.73. The van der Waals surface area contributed by atoms with Crippen LogP contribution in [0, 0.1) is 17.1 Å². The Morgan fingerprint density at radius 1 is 0.875 bits per heavy atom. The minimum absolute atomic E-state index is 0.285. The van der Waals surface area contributed by atoms with Gasteiger partial charge in [-0.25, -0.2) is 4.39 Å². The first-order valence-electron chi connectivity index (χ1n) is 11.3. The Hall–Kier alpha value is -3.00. The Morgan fingerprint density at radius 2 is 1.41 bits per heavy atom. The Bertz CT molecular complexity index is 997. The number of piperidine rings is 1. The number of hydrogen-bond acceptors (Lipinski definition) is 3. The molecule has 0 aliphatic carbocycles. The van der Waals surface area contributed by atoms with Gasteiger partial charge in [-0.1, -0.05) is 72.8 Å². The van der Waals surface area contributed by atoms with Crippen LogP contribution in [-0.4, -0.2) is 29.6 Å². The van der Waals surface area contributed by atoms with Gasteiger partial charge in [-0.05, 0) is 61.1 Å². The number of aliphatic hydroxyl groups is 1. The number of nitriles is 1. The summed E-state index contributed by atoms with van der Waals surface area (Å²) in [6.07, 6.45) is 2.86. The van der Waals surface area contributed by atoms with E-state index in [-0.39, 0.29) is 5.82 Å². The Morgan fingerprint density at radius 3 is 1.91 bits per heavy atom.